The molecule has 0 fully saturated rings. The predicted molar refractivity (Wildman–Crippen MR) is 181 cm³/mol. The van der Waals surface area contributed by atoms with Crippen LogP contribution in [0.1, 0.15) is 34.3 Å². The highest BCUT2D eigenvalue weighted by Crippen LogP contribution is 2.26. The van der Waals surface area contributed by atoms with E-state index in [1.54, 1.807) is 19.2 Å². The third-order valence-corrected chi connectivity index (χ3v) is 7.65. The van der Waals surface area contributed by atoms with Crippen molar-refractivity contribution in [3.8, 4) is 33.8 Å². The molecule has 47 heavy (non-hydrogen) atoms. The lowest BCUT2D eigenvalue weighted by molar-refractivity contribution is -0.137. The number of aliphatic carboxylic acids is 1. The van der Waals surface area contributed by atoms with Crippen molar-refractivity contribution in [2.24, 2.45) is 0 Å². The molecule has 0 aliphatic heterocycles. The van der Waals surface area contributed by atoms with Gasteiger partial charge < -0.3 is 25.2 Å². The first-order chi connectivity index (χ1) is 22.9. The Hall–Kier alpha value is -5.89. The normalized spacial score (nSPS) is 11.3. The van der Waals surface area contributed by atoms with Crippen LogP contribution in [0.2, 0.25) is 0 Å². The van der Waals surface area contributed by atoms with Gasteiger partial charge in [0.1, 0.15) is 24.1 Å². The van der Waals surface area contributed by atoms with Gasteiger partial charge in [-0.1, -0.05) is 84.9 Å². The predicted octanol–water partition coefficient (Wildman–Crippen LogP) is 6.89. The Bertz CT molecular complexity index is 1800. The van der Waals surface area contributed by atoms with Gasteiger partial charge >= 0.3 is 5.97 Å². The molecule has 0 saturated heterocycles. The number of carboxylic acid groups (broad SMARTS) is 1. The Kier molecular flexibility index (Phi) is 11.0. The van der Waals surface area contributed by atoms with Crippen LogP contribution >= 0.6 is 0 Å². The van der Waals surface area contributed by atoms with E-state index < -0.39 is 23.8 Å². The average molecular weight is 629 g/mol. The number of benzene rings is 5. The number of amides is 2. The molecule has 3 N–H and O–H groups in total. The molecule has 238 valence electrons. The second kappa shape index (κ2) is 15.9. The van der Waals surface area contributed by atoms with Crippen LogP contribution in [0.25, 0.3) is 22.3 Å². The monoisotopic (exact) mass is 628 g/mol. The number of hydrogen-bond acceptors (Lipinski definition) is 5. The second-order valence-electron chi connectivity index (χ2n) is 11.0. The Balaban J connectivity index is 1.17. The highest BCUT2D eigenvalue weighted by molar-refractivity contribution is 5.98. The number of nitrogens with one attached hydrogen (secondary N) is 2. The summed E-state index contributed by atoms with van der Waals surface area (Å²) in [7, 11) is 1.66. The number of carbonyl (C=O) groups excluding carboxylic acids is 2. The molecule has 1 atom stereocenters. The molecule has 5 aromatic rings. The minimum absolute atomic E-state index is 0.0259. The van der Waals surface area contributed by atoms with Crippen LogP contribution in [-0.4, -0.2) is 36.0 Å². The summed E-state index contributed by atoms with van der Waals surface area (Å²) in [5, 5.41) is 14.6. The molecule has 5 rings (SSSR count). The third-order valence-electron chi connectivity index (χ3n) is 7.65. The molecule has 0 spiro atoms. The van der Waals surface area contributed by atoms with Crippen molar-refractivity contribution in [2.75, 3.05) is 7.11 Å². The molecule has 0 bridgehead atoms. The van der Waals surface area contributed by atoms with Gasteiger partial charge in [-0.15, -0.1) is 0 Å². The maximum atomic E-state index is 13.0. The number of ether oxygens (including phenoxy) is 2. The Morgan fingerprint density at radius 1 is 0.681 bits per heavy atom. The zero-order valence-corrected chi connectivity index (χ0v) is 26.0. The lowest BCUT2D eigenvalue weighted by Gasteiger charge is -2.18. The first kappa shape index (κ1) is 32.5. The van der Waals surface area contributed by atoms with E-state index in [9.17, 15) is 14.4 Å². The van der Waals surface area contributed by atoms with Gasteiger partial charge in [-0.25, -0.2) is 0 Å². The van der Waals surface area contributed by atoms with Crippen LogP contribution in [0.5, 0.6) is 11.5 Å². The van der Waals surface area contributed by atoms with Gasteiger partial charge in [-0.3, -0.25) is 14.4 Å². The Morgan fingerprint density at radius 2 is 1.32 bits per heavy atom. The van der Waals surface area contributed by atoms with Gasteiger partial charge in [0.2, 0.25) is 5.91 Å². The van der Waals surface area contributed by atoms with Crippen LogP contribution in [0.4, 0.5) is 0 Å². The molecule has 0 aliphatic rings. The van der Waals surface area contributed by atoms with Crippen molar-refractivity contribution in [1.82, 2.24) is 10.6 Å². The molecule has 0 aliphatic carbocycles. The average Bonchev–Trinajstić information content (AvgIpc) is 3.12. The van der Waals surface area contributed by atoms with Crippen molar-refractivity contribution in [3.05, 3.63) is 144 Å². The summed E-state index contributed by atoms with van der Waals surface area (Å²) in [6.07, 6.45) is -0.278. The second-order valence-corrected chi connectivity index (χ2v) is 11.0. The van der Waals surface area contributed by atoms with Gasteiger partial charge in [-0.2, -0.15) is 0 Å². The Labute approximate surface area is 274 Å². The van der Waals surface area contributed by atoms with Crippen molar-refractivity contribution < 1.29 is 29.0 Å². The molecule has 2 amide bonds. The number of hydrogen-bond donors (Lipinski definition) is 3. The smallest absolute Gasteiger partial charge is 0.303 e. The molecule has 0 radical (unpaired) electrons. The lowest BCUT2D eigenvalue weighted by Crippen LogP contribution is -2.46. The topological polar surface area (TPSA) is 114 Å². The first-order valence-corrected chi connectivity index (χ1v) is 15.3. The van der Waals surface area contributed by atoms with E-state index in [1.807, 2.05) is 103 Å². The fourth-order valence-corrected chi connectivity index (χ4v) is 5.05. The fraction of sp³-hybridized carbons (Fsp3) is 0.154. The van der Waals surface area contributed by atoms with E-state index in [0.29, 0.717) is 12.2 Å². The van der Waals surface area contributed by atoms with Crippen molar-refractivity contribution in [2.45, 2.75) is 32.0 Å². The van der Waals surface area contributed by atoms with E-state index in [-0.39, 0.29) is 19.4 Å². The first-order valence-electron chi connectivity index (χ1n) is 15.3. The summed E-state index contributed by atoms with van der Waals surface area (Å²) in [4.78, 5) is 37.1. The van der Waals surface area contributed by atoms with E-state index in [0.717, 1.165) is 44.9 Å². The maximum Gasteiger partial charge on any atom is 0.303 e. The Morgan fingerprint density at radius 3 is 2.00 bits per heavy atom. The molecule has 0 saturated carbocycles. The molecule has 0 unspecified atom stereocenters. The molecular formula is C39H36N2O6. The van der Waals surface area contributed by atoms with Gasteiger partial charge in [0.25, 0.3) is 5.91 Å². The zero-order valence-electron chi connectivity index (χ0n) is 26.0. The standard InChI is InChI=1S/C39H36N2O6/c1-46-35-12-6-11-33(24-35)32-10-5-9-28(23-32)26-47-34-19-17-30(18-20-34)29-13-15-31(16-14-29)38(44)41-36(21-22-37(42)43)39(45)40-25-27-7-3-2-4-8-27/h2-20,23-24,36H,21-22,25-26H2,1H3,(H,40,45)(H,41,44)(H,42,43)/t36-/m0/s1. The van der Waals surface area contributed by atoms with Gasteiger partial charge in [0.15, 0.2) is 0 Å². The maximum absolute atomic E-state index is 13.0. The molecular weight excluding hydrogens is 592 g/mol. The minimum atomic E-state index is -1.04. The molecule has 0 aromatic heterocycles. The van der Waals surface area contributed by atoms with Gasteiger partial charge in [0.05, 0.1) is 7.11 Å². The minimum Gasteiger partial charge on any atom is -0.497 e. The number of carboxylic acids is 1. The quantitative estimate of drug-likeness (QED) is 0.123. The van der Waals surface area contributed by atoms with Crippen molar-refractivity contribution in [1.29, 1.82) is 0 Å². The van der Waals surface area contributed by atoms with E-state index in [4.69, 9.17) is 14.6 Å². The van der Waals surface area contributed by atoms with Gasteiger partial charge in [-0.05, 0) is 82.3 Å². The highest BCUT2D eigenvalue weighted by Gasteiger charge is 2.22. The SMILES string of the molecule is COc1cccc(-c2cccc(COc3ccc(-c4ccc(C(=O)N[C@@H](CCC(=O)O)C(=O)NCc5ccccc5)cc4)cc3)c2)c1. The molecule has 0 heterocycles. The highest BCUT2D eigenvalue weighted by atomic mass is 16.5. The largest absolute Gasteiger partial charge is 0.497 e. The summed E-state index contributed by atoms with van der Waals surface area (Å²) in [6.45, 7) is 0.688. The van der Waals surface area contributed by atoms with Crippen molar-refractivity contribution in [3.63, 3.8) is 0 Å². The fourth-order valence-electron chi connectivity index (χ4n) is 5.05. The van der Waals surface area contributed by atoms with Crippen LogP contribution in [0, 0.1) is 0 Å². The van der Waals surface area contributed by atoms with E-state index in [1.165, 1.54) is 0 Å². The summed E-state index contributed by atoms with van der Waals surface area (Å²) >= 11 is 0. The van der Waals surface area contributed by atoms with Crippen LogP contribution in [0.3, 0.4) is 0 Å². The zero-order chi connectivity index (χ0) is 33.0. The van der Waals surface area contributed by atoms with Crippen LogP contribution in [0.15, 0.2) is 127 Å². The summed E-state index contributed by atoms with van der Waals surface area (Å²) < 4.78 is 11.4. The summed E-state index contributed by atoms with van der Waals surface area (Å²) in [5.74, 6) is -0.398. The number of methoxy groups -OCH3 is 1. The lowest BCUT2D eigenvalue weighted by atomic mass is 10.0. The van der Waals surface area contributed by atoms with Crippen LogP contribution < -0.4 is 20.1 Å². The van der Waals surface area contributed by atoms with E-state index in [2.05, 4.69) is 22.8 Å². The third kappa shape index (κ3) is 9.31. The summed E-state index contributed by atoms with van der Waals surface area (Å²) in [5.41, 5.74) is 6.31. The van der Waals surface area contributed by atoms with Crippen LogP contribution in [-0.2, 0) is 22.7 Å². The molecule has 5 aromatic carbocycles. The summed E-state index contributed by atoms with van der Waals surface area (Å²) in [6, 6.07) is 39.2. The van der Waals surface area contributed by atoms with E-state index >= 15 is 0 Å². The number of carbonyl (C=O) groups is 3. The van der Waals surface area contributed by atoms with Gasteiger partial charge in [0, 0.05) is 18.5 Å². The van der Waals surface area contributed by atoms with Crippen molar-refractivity contribution >= 4 is 17.8 Å². The number of rotatable bonds is 14. The molecule has 8 nitrogen and oxygen atoms in total. The molecule has 8 heteroatoms.